The SMILES string of the molecule is CCCS(=O)(=O)NCc1cc(-c2ccccn2)n(C2CCCC2)n1. The molecule has 3 rings (SSSR count). The van der Waals surface area contributed by atoms with Crippen molar-refractivity contribution in [2.24, 2.45) is 0 Å². The van der Waals surface area contributed by atoms with Crippen molar-refractivity contribution in [1.29, 1.82) is 0 Å². The van der Waals surface area contributed by atoms with Crippen LogP contribution < -0.4 is 4.72 Å². The van der Waals surface area contributed by atoms with Crippen molar-refractivity contribution in [3.8, 4) is 11.4 Å². The van der Waals surface area contributed by atoms with Crippen LogP contribution in [0, 0.1) is 0 Å². The third-order valence-corrected chi connectivity index (χ3v) is 5.86. The summed E-state index contributed by atoms with van der Waals surface area (Å²) in [5, 5.41) is 4.68. The third kappa shape index (κ3) is 4.02. The van der Waals surface area contributed by atoms with Gasteiger partial charge in [0.2, 0.25) is 10.0 Å². The van der Waals surface area contributed by atoms with Crippen LogP contribution in [-0.2, 0) is 16.6 Å². The average molecular weight is 348 g/mol. The van der Waals surface area contributed by atoms with Crippen LogP contribution in [0.4, 0.5) is 0 Å². The van der Waals surface area contributed by atoms with E-state index in [0.29, 0.717) is 12.5 Å². The zero-order valence-electron chi connectivity index (χ0n) is 14.0. The van der Waals surface area contributed by atoms with Crippen LogP contribution in [0.3, 0.4) is 0 Å². The second-order valence-electron chi connectivity index (χ2n) is 6.26. The molecule has 0 bridgehead atoms. The number of hydrogen-bond donors (Lipinski definition) is 1. The van der Waals surface area contributed by atoms with Crippen molar-refractivity contribution in [3.05, 3.63) is 36.2 Å². The Labute approximate surface area is 143 Å². The van der Waals surface area contributed by atoms with Crippen molar-refractivity contribution in [2.45, 2.75) is 51.6 Å². The largest absolute Gasteiger partial charge is 0.260 e. The van der Waals surface area contributed by atoms with E-state index in [4.69, 9.17) is 0 Å². The summed E-state index contributed by atoms with van der Waals surface area (Å²) in [6.07, 6.45) is 7.02. The fourth-order valence-electron chi connectivity index (χ4n) is 3.19. The van der Waals surface area contributed by atoms with Crippen molar-refractivity contribution in [2.75, 3.05) is 5.75 Å². The molecular weight excluding hydrogens is 324 g/mol. The molecule has 24 heavy (non-hydrogen) atoms. The lowest BCUT2D eigenvalue weighted by molar-refractivity contribution is 0.466. The lowest BCUT2D eigenvalue weighted by atomic mass is 10.2. The predicted molar refractivity (Wildman–Crippen MR) is 93.9 cm³/mol. The van der Waals surface area contributed by atoms with Crippen LogP contribution >= 0.6 is 0 Å². The molecule has 1 saturated carbocycles. The fourth-order valence-corrected chi connectivity index (χ4v) is 4.24. The highest BCUT2D eigenvalue weighted by molar-refractivity contribution is 7.89. The third-order valence-electron chi connectivity index (χ3n) is 4.33. The summed E-state index contributed by atoms with van der Waals surface area (Å²) >= 11 is 0. The van der Waals surface area contributed by atoms with Gasteiger partial charge in [0, 0.05) is 6.20 Å². The zero-order chi connectivity index (χ0) is 17.0. The minimum atomic E-state index is -3.23. The fraction of sp³-hybridized carbons (Fsp3) is 0.529. The summed E-state index contributed by atoms with van der Waals surface area (Å²) in [6.45, 7) is 2.08. The molecule has 0 amide bonds. The van der Waals surface area contributed by atoms with Gasteiger partial charge in [-0.3, -0.25) is 9.67 Å². The lowest BCUT2D eigenvalue weighted by Gasteiger charge is -2.13. The van der Waals surface area contributed by atoms with Crippen molar-refractivity contribution < 1.29 is 8.42 Å². The first kappa shape index (κ1) is 17.1. The van der Waals surface area contributed by atoms with Crippen LogP contribution in [0.5, 0.6) is 0 Å². The van der Waals surface area contributed by atoms with Gasteiger partial charge in [-0.05, 0) is 37.5 Å². The van der Waals surface area contributed by atoms with Gasteiger partial charge in [-0.15, -0.1) is 0 Å². The Kier molecular flexibility index (Phi) is 5.30. The first-order valence-corrected chi connectivity index (χ1v) is 10.2. The van der Waals surface area contributed by atoms with Gasteiger partial charge < -0.3 is 0 Å². The van der Waals surface area contributed by atoms with Crippen molar-refractivity contribution >= 4 is 10.0 Å². The Bertz CT molecular complexity index is 765. The van der Waals surface area contributed by atoms with E-state index in [1.165, 1.54) is 12.8 Å². The van der Waals surface area contributed by atoms with Gasteiger partial charge >= 0.3 is 0 Å². The maximum absolute atomic E-state index is 11.9. The zero-order valence-corrected chi connectivity index (χ0v) is 14.8. The lowest BCUT2D eigenvalue weighted by Crippen LogP contribution is -2.26. The predicted octanol–water partition coefficient (Wildman–Crippen LogP) is 2.89. The summed E-state index contributed by atoms with van der Waals surface area (Å²) in [5.74, 6) is 0.142. The van der Waals surface area contributed by atoms with Crippen LogP contribution in [0.2, 0.25) is 0 Å². The van der Waals surface area contributed by atoms with Crippen molar-refractivity contribution in [3.63, 3.8) is 0 Å². The number of hydrogen-bond acceptors (Lipinski definition) is 4. The van der Waals surface area contributed by atoms with Gasteiger partial charge in [-0.2, -0.15) is 5.10 Å². The summed E-state index contributed by atoms with van der Waals surface area (Å²) in [5.41, 5.74) is 2.58. The van der Waals surface area contributed by atoms with Gasteiger partial charge in [0.15, 0.2) is 0 Å². The summed E-state index contributed by atoms with van der Waals surface area (Å²) in [6, 6.07) is 8.14. The highest BCUT2D eigenvalue weighted by Gasteiger charge is 2.22. The Balaban J connectivity index is 1.86. The molecule has 0 atom stereocenters. The molecule has 0 unspecified atom stereocenters. The average Bonchev–Trinajstić information content (AvgIpc) is 3.23. The monoisotopic (exact) mass is 348 g/mol. The van der Waals surface area contributed by atoms with Crippen LogP contribution in [0.15, 0.2) is 30.5 Å². The normalized spacial score (nSPS) is 15.9. The molecule has 130 valence electrons. The van der Waals surface area contributed by atoms with E-state index in [-0.39, 0.29) is 12.3 Å². The molecule has 0 spiro atoms. The second-order valence-corrected chi connectivity index (χ2v) is 8.19. The number of sulfonamides is 1. The van der Waals surface area contributed by atoms with Gasteiger partial charge in [0.25, 0.3) is 0 Å². The minimum absolute atomic E-state index is 0.142. The summed E-state index contributed by atoms with van der Waals surface area (Å²) in [4.78, 5) is 4.43. The first-order chi connectivity index (χ1) is 11.6. The molecule has 0 saturated heterocycles. The maximum atomic E-state index is 11.9. The summed E-state index contributed by atoms with van der Waals surface area (Å²) in [7, 11) is -3.23. The molecule has 2 aromatic heterocycles. The summed E-state index contributed by atoms with van der Waals surface area (Å²) < 4.78 is 28.4. The van der Waals surface area contributed by atoms with E-state index in [1.54, 1.807) is 6.20 Å². The second kappa shape index (κ2) is 7.44. The van der Waals surface area contributed by atoms with E-state index >= 15 is 0 Å². The van der Waals surface area contributed by atoms with Crippen LogP contribution in [-0.4, -0.2) is 28.9 Å². The number of aromatic nitrogens is 3. The molecule has 0 aliphatic heterocycles. The highest BCUT2D eigenvalue weighted by Crippen LogP contribution is 2.33. The molecule has 2 heterocycles. The molecular formula is C17H24N4O2S. The Morgan fingerprint density at radius 3 is 2.75 bits per heavy atom. The number of rotatable bonds is 7. The highest BCUT2D eigenvalue weighted by atomic mass is 32.2. The Morgan fingerprint density at radius 1 is 1.29 bits per heavy atom. The van der Waals surface area contributed by atoms with Gasteiger partial charge in [-0.1, -0.05) is 25.8 Å². The molecule has 1 aliphatic carbocycles. The number of pyridine rings is 1. The quantitative estimate of drug-likeness (QED) is 0.835. The molecule has 1 aliphatic rings. The topological polar surface area (TPSA) is 76.9 Å². The minimum Gasteiger partial charge on any atom is -0.260 e. The van der Waals surface area contributed by atoms with E-state index in [1.807, 2.05) is 35.9 Å². The molecule has 0 aromatic carbocycles. The Morgan fingerprint density at radius 2 is 2.08 bits per heavy atom. The molecule has 7 heteroatoms. The molecule has 6 nitrogen and oxygen atoms in total. The molecule has 1 fully saturated rings. The number of nitrogens with one attached hydrogen (secondary N) is 1. The van der Waals surface area contributed by atoms with Crippen LogP contribution in [0.1, 0.15) is 50.8 Å². The molecule has 0 radical (unpaired) electrons. The Hall–Kier alpha value is -1.73. The van der Waals surface area contributed by atoms with E-state index in [9.17, 15) is 8.42 Å². The van der Waals surface area contributed by atoms with Crippen LogP contribution in [0.25, 0.3) is 11.4 Å². The molecule has 1 N–H and O–H groups in total. The maximum Gasteiger partial charge on any atom is 0.211 e. The smallest absolute Gasteiger partial charge is 0.211 e. The van der Waals surface area contributed by atoms with E-state index in [0.717, 1.165) is 29.9 Å². The number of nitrogens with zero attached hydrogens (tertiary/aromatic N) is 3. The molecule has 2 aromatic rings. The van der Waals surface area contributed by atoms with Gasteiger partial charge in [0.05, 0.1) is 35.4 Å². The standard InChI is InChI=1S/C17H24N4O2S/c1-2-11-24(22,23)19-13-14-12-17(16-9-5-6-10-18-16)21(20-14)15-7-3-4-8-15/h5-6,9-10,12,15,19H,2-4,7-8,11,13H2,1H3. The van der Waals surface area contributed by atoms with Crippen molar-refractivity contribution in [1.82, 2.24) is 19.5 Å². The van der Waals surface area contributed by atoms with E-state index in [2.05, 4.69) is 14.8 Å². The first-order valence-electron chi connectivity index (χ1n) is 8.56. The van der Waals surface area contributed by atoms with E-state index < -0.39 is 10.0 Å². The van der Waals surface area contributed by atoms with Gasteiger partial charge in [-0.25, -0.2) is 13.1 Å². The van der Waals surface area contributed by atoms with Gasteiger partial charge in [0.1, 0.15) is 0 Å².